The second kappa shape index (κ2) is 4.03. The van der Waals surface area contributed by atoms with Gasteiger partial charge in [-0.3, -0.25) is 14.7 Å². The first-order valence-electron chi connectivity index (χ1n) is 6.74. The van der Waals surface area contributed by atoms with Crippen LogP contribution in [0.5, 0.6) is 0 Å². The highest BCUT2D eigenvalue weighted by molar-refractivity contribution is 6.05. The molecule has 4 heterocycles. The van der Waals surface area contributed by atoms with E-state index < -0.39 is 0 Å². The van der Waals surface area contributed by atoms with Gasteiger partial charge in [0.15, 0.2) is 0 Å². The van der Waals surface area contributed by atoms with Crippen LogP contribution in [-0.4, -0.2) is 65.3 Å². The number of rotatable bonds is 2. The van der Waals surface area contributed by atoms with Crippen LogP contribution in [0.1, 0.15) is 5.56 Å². The van der Waals surface area contributed by atoms with E-state index in [1.807, 2.05) is 30.3 Å². The summed E-state index contributed by atoms with van der Waals surface area (Å²) < 4.78 is 0. The first-order valence-corrected chi connectivity index (χ1v) is 6.74. The van der Waals surface area contributed by atoms with E-state index in [1.54, 1.807) is 0 Å². The molecule has 0 saturated carbocycles. The van der Waals surface area contributed by atoms with Crippen LogP contribution in [0.2, 0.25) is 0 Å². The van der Waals surface area contributed by atoms with Gasteiger partial charge in [-0.25, -0.2) is 0 Å². The van der Waals surface area contributed by atoms with Crippen LogP contribution in [-0.2, 0) is 0 Å². The van der Waals surface area contributed by atoms with Gasteiger partial charge in [0.05, 0.1) is 31.1 Å². The van der Waals surface area contributed by atoms with Gasteiger partial charge in [0, 0.05) is 25.2 Å². The third kappa shape index (κ3) is 1.69. The summed E-state index contributed by atoms with van der Waals surface area (Å²) in [5.41, 5.74) is 1.83. The Morgan fingerprint density at radius 2 is 1.47 bits per heavy atom. The Labute approximate surface area is 112 Å². The molecule has 0 atom stereocenters. The fourth-order valence-corrected chi connectivity index (χ4v) is 4.01. The van der Waals surface area contributed by atoms with Crippen molar-refractivity contribution in [1.29, 1.82) is 0 Å². The molecule has 0 spiro atoms. The van der Waals surface area contributed by atoms with Crippen molar-refractivity contribution in [2.75, 3.05) is 39.6 Å². The van der Waals surface area contributed by atoms with E-state index >= 15 is 0 Å². The number of hydrogen-bond donors (Lipinski definition) is 1. The fourth-order valence-electron chi connectivity index (χ4n) is 4.01. The normalized spacial score (nSPS) is 40.6. The molecular weight excluding hydrogens is 240 g/mol. The summed E-state index contributed by atoms with van der Waals surface area (Å²) in [6.45, 7) is 6.13. The van der Waals surface area contributed by atoms with E-state index in [-0.39, 0.29) is 5.41 Å². The van der Waals surface area contributed by atoms with Gasteiger partial charge < -0.3 is 5.21 Å². The first-order chi connectivity index (χ1) is 9.29. The molecule has 100 valence electrons. The minimum atomic E-state index is -0.0507. The smallest absolute Gasteiger partial charge is 0.0967 e. The molecule has 4 saturated heterocycles. The molecule has 5 nitrogen and oxygen atoms in total. The molecule has 4 aliphatic heterocycles. The van der Waals surface area contributed by atoms with Crippen LogP contribution in [0.15, 0.2) is 35.5 Å². The van der Waals surface area contributed by atoms with Crippen LogP contribution in [0.3, 0.4) is 0 Å². The van der Waals surface area contributed by atoms with Gasteiger partial charge in [-0.05, 0) is 0 Å². The zero-order valence-corrected chi connectivity index (χ0v) is 10.9. The average Bonchev–Trinajstić information content (AvgIpc) is 2.38. The lowest BCUT2D eigenvalue weighted by Gasteiger charge is -2.60. The minimum Gasteiger partial charge on any atom is -0.411 e. The molecule has 0 amide bonds. The quantitative estimate of drug-likeness (QED) is 0.481. The number of oxime groups is 1. The maximum atomic E-state index is 9.57. The lowest BCUT2D eigenvalue weighted by molar-refractivity contribution is -0.149. The van der Waals surface area contributed by atoms with Crippen LogP contribution in [0.4, 0.5) is 0 Å². The predicted octanol–water partition coefficient (Wildman–Crippen LogP) is 0.671. The molecule has 1 N–H and O–H groups in total. The number of benzene rings is 1. The van der Waals surface area contributed by atoms with E-state index in [2.05, 4.69) is 19.9 Å². The van der Waals surface area contributed by atoms with Crippen molar-refractivity contribution in [3.63, 3.8) is 0 Å². The highest BCUT2D eigenvalue weighted by Gasteiger charge is 2.51. The molecule has 5 rings (SSSR count). The summed E-state index contributed by atoms with van der Waals surface area (Å²) in [4.78, 5) is 7.31. The third-order valence-corrected chi connectivity index (χ3v) is 4.43. The van der Waals surface area contributed by atoms with Gasteiger partial charge in [0.2, 0.25) is 0 Å². The standard InChI is InChI=1S/C14H18N4O/c19-15-13(12-4-2-1-3-5-12)14-6-16-9-17(7-14)11-18(8-14)10-16/h1-5,19H,6-11H2/b15-13+. The largest absolute Gasteiger partial charge is 0.411 e. The maximum absolute atomic E-state index is 9.57. The summed E-state index contributed by atoms with van der Waals surface area (Å²) in [6.07, 6.45) is 0. The average molecular weight is 258 g/mol. The van der Waals surface area contributed by atoms with Gasteiger partial charge in [0.25, 0.3) is 0 Å². The third-order valence-electron chi connectivity index (χ3n) is 4.43. The summed E-state index contributed by atoms with van der Waals surface area (Å²) in [7, 11) is 0. The second-order valence-corrected chi connectivity index (χ2v) is 6.01. The van der Waals surface area contributed by atoms with Gasteiger partial charge in [-0.15, -0.1) is 0 Å². The molecule has 0 aliphatic carbocycles. The van der Waals surface area contributed by atoms with E-state index in [4.69, 9.17) is 0 Å². The van der Waals surface area contributed by atoms with Crippen LogP contribution >= 0.6 is 0 Å². The molecular formula is C14H18N4O. The highest BCUT2D eigenvalue weighted by Crippen LogP contribution is 2.38. The van der Waals surface area contributed by atoms with Crippen molar-refractivity contribution in [3.05, 3.63) is 35.9 Å². The highest BCUT2D eigenvalue weighted by atomic mass is 16.4. The molecule has 4 bridgehead atoms. The molecule has 19 heavy (non-hydrogen) atoms. The van der Waals surface area contributed by atoms with E-state index in [0.717, 1.165) is 50.9 Å². The van der Waals surface area contributed by atoms with E-state index in [0.29, 0.717) is 0 Å². The topological polar surface area (TPSA) is 42.3 Å². The summed E-state index contributed by atoms with van der Waals surface area (Å²) in [6, 6.07) is 10.1. The van der Waals surface area contributed by atoms with Crippen LogP contribution in [0.25, 0.3) is 0 Å². The molecule has 0 unspecified atom stereocenters. The maximum Gasteiger partial charge on any atom is 0.0967 e. The lowest BCUT2D eigenvalue weighted by Crippen LogP contribution is -2.74. The van der Waals surface area contributed by atoms with Crippen molar-refractivity contribution in [2.24, 2.45) is 10.6 Å². The van der Waals surface area contributed by atoms with Gasteiger partial charge in [-0.2, -0.15) is 0 Å². The molecule has 4 aliphatic rings. The number of hydrogen-bond acceptors (Lipinski definition) is 5. The predicted molar refractivity (Wildman–Crippen MR) is 71.9 cm³/mol. The molecule has 1 aromatic rings. The van der Waals surface area contributed by atoms with Gasteiger partial charge >= 0.3 is 0 Å². The summed E-state index contributed by atoms with van der Waals surface area (Å²) in [5, 5.41) is 13.3. The number of nitrogens with zero attached hydrogens (tertiary/aromatic N) is 4. The SMILES string of the molecule is O/N=C(\c1ccccc1)C12CN3CN(CN(C3)C1)C2. The lowest BCUT2D eigenvalue weighted by atomic mass is 9.74. The Balaban J connectivity index is 1.74. The summed E-state index contributed by atoms with van der Waals surface area (Å²) >= 11 is 0. The Bertz CT molecular complexity index is 478. The molecule has 5 heteroatoms. The molecule has 0 radical (unpaired) electrons. The fraction of sp³-hybridized carbons (Fsp3) is 0.500. The van der Waals surface area contributed by atoms with Gasteiger partial charge in [0.1, 0.15) is 0 Å². The van der Waals surface area contributed by atoms with Crippen molar-refractivity contribution >= 4 is 5.71 Å². The first kappa shape index (κ1) is 11.4. The van der Waals surface area contributed by atoms with Crippen molar-refractivity contribution in [1.82, 2.24) is 14.7 Å². The molecule has 0 aromatic heterocycles. The van der Waals surface area contributed by atoms with Gasteiger partial charge in [-0.1, -0.05) is 35.5 Å². The monoisotopic (exact) mass is 258 g/mol. The van der Waals surface area contributed by atoms with Crippen molar-refractivity contribution in [2.45, 2.75) is 0 Å². The van der Waals surface area contributed by atoms with E-state index in [1.165, 1.54) is 0 Å². The molecule has 4 fully saturated rings. The van der Waals surface area contributed by atoms with Crippen molar-refractivity contribution in [3.8, 4) is 0 Å². The molecule has 1 aromatic carbocycles. The Morgan fingerprint density at radius 3 is 1.95 bits per heavy atom. The second-order valence-electron chi connectivity index (χ2n) is 6.01. The van der Waals surface area contributed by atoms with Crippen LogP contribution < -0.4 is 0 Å². The van der Waals surface area contributed by atoms with Crippen LogP contribution in [0, 0.1) is 5.41 Å². The minimum absolute atomic E-state index is 0.0507. The van der Waals surface area contributed by atoms with E-state index in [9.17, 15) is 5.21 Å². The Morgan fingerprint density at radius 1 is 0.947 bits per heavy atom. The summed E-state index contributed by atoms with van der Waals surface area (Å²) in [5.74, 6) is 0. The zero-order valence-electron chi connectivity index (χ0n) is 10.9. The Hall–Kier alpha value is -1.43. The zero-order chi connectivity index (χ0) is 12.9. The van der Waals surface area contributed by atoms with Crippen molar-refractivity contribution < 1.29 is 5.21 Å². The Kier molecular flexibility index (Phi) is 2.42.